The van der Waals surface area contributed by atoms with Crippen LogP contribution in [0, 0.1) is 0 Å². The standard InChI is InChI=1S/C14H12N4O2/c19-14(18-13-6-7-15-9-17-13)20-12-5-8-16-11-4-2-1-3-10(11)12/h1-7,9,16H,8H2,(H,15,17,18,19). The third-order valence-corrected chi connectivity index (χ3v) is 2.79. The Bertz CT molecular complexity index is 655. The number of nitrogens with one attached hydrogen (secondary N) is 2. The number of para-hydroxylation sites is 1. The van der Waals surface area contributed by atoms with E-state index in [0.717, 1.165) is 11.3 Å². The van der Waals surface area contributed by atoms with E-state index in [1.54, 1.807) is 12.3 Å². The summed E-state index contributed by atoms with van der Waals surface area (Å²) in [6, 6.07) is 9.24. The maximum atomic E-state index is 11.8. The van der Waals surface area contributed by atoms with Crippen LogP contribution in [0.25, 0.3) is 5.76 Å². The third kappa shape index (κ3) is 2.59. The highest BCUT2D eigenvalue weighted by Crippen LogP contribution is 2.27. The fraction of sp³-hybridized carbons (Fsp3) is 0.0714. The molecular weight excluding hydrogens is 256 g/mol. The highest BCUT2D eigenvalue weighted by Gasteiger charge is 2.16. The van der Waals surface area contributed by atoms with Crippen LogP contribution in [0.3, 0.4) is 0 Å². The van der Waals surface area contributed by atoms with Gasteiger partial charge in [-0.05, 0) is 24.3 Å². The molecule has 1 aliphatic heterocycles. The lowest BCUT2D eigenvalue weighted by Gasteiger charge is -2.18. The van der Waals surface area contributed by atoms with E-state index in [-0.39, 0.29) is 0 Å². The highest BCUT2D eigenvalue weighted by molar-refractivity contribution is 5.89. The van der Waals surface area contributed by atoms with Crippen molar-refractivity contribution < 1.29 is 9.53 Å². The van der Waals surface area contributed by atoms with Crippen LogP contribution in [0.5, 0.6) is 0 Å². The van der Waals surface area contributed by atoms with E-state index in [1.807, 2.05) is 30.3 Å². The van der Waals surface area contributed by atoms with Gasteiger partial charge in [-0.25, -0.2) is 14.8 Å². The van der Waals surface area contributed by atoms with Gasteiger partial charge in [-0.3, -0.25) is 5.32 Å². The summed E-state index contributed by atoms with van der Waals surface area (Å²) in [5, 5.41) is 5.75. The molecule has 1 aromatic carbocycles. The molecule has 0 radical (unpaired) electrons. The Morgan fingerprint density at radius 2 is 2.20 bits per heavy atom. The fourth-order valence-corrected chi connectivity index (χ4v) is 1.91. The molecule has 0 saturated carbocycles. The second-order valence-electron chi connectivity index (χ2n) is 4.10. The van der Waals surface area contributed by atoms with Crippen LogP contribution in [0.4, 0.5) is 16.3 Å². The first kappa shape index (κ1) is 12.2. The van der Waals surface area contributed by atoms with Crippen molar-refractivity contribution >= 4 is 23.4 Å². The Balaban J connectivity index is 1.72. The third-order valence-electron chi connectivity index (χ3n) is 2.79. The molecule has 6 heteroatoms. The molecule has 2 heterocycles. The molecule has 1 aromatic heterocycles. The molecular formula is C14H12N4O2. The molecule has 0 unspecified atom stereocenters. The Hall–Kier alpha value is -2.89. The van der Waals surface area contributed by atoms with E-state index in [4.69, 9.17) is 4.74 Å². The maximum absolute atomic E-state index is 11.8. The molecule has 0 aliphatic carbocycles. The summed E-state index contributed by atoms with van der Waals surface area (Å²) in [4.78, 5) is 19.5. The second-order valence-corrected chi connectivity index (χ2v) is 4.10. The molecule has 0 saturated heterocycles. The van der Waals surface area contributed by atoms with Crippen molar-refractivity contribution in [3.8, 4) is 0 Å². The summed E-state index contributed by atoms with van der Waals surface area (Å²) in [5.74, 6) is 0.929. The van der Waals surface area contributed by atoms with Gasteiger partial charge in [0.2, 0.25) is 0 Å². The average Bonchev–Trinajstić information content (AvgIpc) is 2.48. The molecule has 100 valence electrons. The number of benzene rings is 1. The summed E-state index contributed by atoms with van der Waals surface area (Å²) in [6.45, 7) is 0.618. The number of anilines is 2. The molecule has 1 aliphatic rings. The highest BCUT2D eigenvalue weighted by atomic mass is 16.6. The van der Waals surface area contributed by atoms with Crippen molar-refractivity contribution in [2.45, 2.75) is 0 Å². The van der Waals surface area contributed by atoms with Crippen LogP contribution < -0.4 is 10.6 Å². The lowest BCUT2D eigenvalue weighted by Crippen LogP contribution is -2.17. The molecule has 20 heavy (non-hydrogen) atoms. The van der Waals surface area contributed by atoms with Crippen molar-refractivity contribution in [3.63, 3.8) is 0 Å². The van der Waals surface area contributed by atoms with Gasteiger partial charge in [0.05, 0.1) is 0 Å². The molecule has 0 fully saturated rings. The van der Waals surface area contributed by atoms with E-state index < -0.39 is 6.09 Å². The van der Waals surface area contributed by atoms with Crippen LogP contribution in [0.2, 0.25) is 0 Å². The summed E-state index contributed by atoms with van der Waals surface area (Å²) < 4.78 is 5.33. The van der Waals surface area contributed by atoms with Crippen molar-refractivity contribution in [1.29, 1.82) is 0 Å². The smallest absolute Gasteiger partial charge is 0.410 e. The van der Waals surface area contributed by atoms with E-state index in [9.17, 15) is 4.79 Å². The summed E-state index contributed by atoms with van der Waals surface area (Å²) in [5.41, 5.74) is 1.80. The number of amides is 1. The maximum Gasteiger partial charge on any atom is 0.418 e. The van der Waals surface area contributed by atoms with Gasteiger partial charge in [-0.2, -0.15) is 0 Å². The first-order chi connectivity index (χ1) is 9.83. The largest absolute Gasteiger partial charge is 0.418 e. The van der Waals surface area contributed by atoms with Crippen LogP contribution in [0.15, 0.2) is 48.9 Å². The molecule has 6 nitrogen and oxygen atoms in total. The molecule has 2 aromatic rings. The topological polar surface area (TPSA) is 76.1 Å². The Morgan fingerprint density at radius 1 is 1.30 bits per heavy atom. The zero-order valence-corrected chi connectivity index (χ0v) is 10.5. The first-order valence-corrected chi connectivity index (χ1v) is 6.11. The van der Waals surface area contributed by atoms with E-state index in [1.165, 1.54) is 6.33 Å². The number of ether oxygens (including phenoxy) is 1. The number of hydrogen-bond acceptors (Lipinski definition) is 5. The molecule has 0 spiro atoms. The van der Waals surface area contributed by atoms with Crippen molar-refractivity contribution in [3.05, 3.63) is 54.5 Å². The van der Waals surface area contributed by atoms with Gasteiger partial charge in [0.15, 0.2) is 0 Å². The molecule has 0 atom stereocenters. The van der Waals surface area contributed by atoms with Gasteiger partial charge < -0.3 is 10.1 Å². The fourth-order valence-electron chi connectivity index (χ4n) is 1.91. The number of hydrogen-bond donors (Lipinski definition) is 2. The SMILES string of the molecule is O=C(Nc1ccncn1)OC1=CCNc2ccccc21. The molecule has 3 rings (SSSR count). The van der Waals surface area contributed by atoms with Gasteiger partial charge in [0, 0.05) is 24.0 Å². The quantitative estimate of drug-likeness (QED) is 0.875. The summed E-state index contributed by atoms with van der Waals surface area (Å²) >= 11 is 0. The zero-order chi connectivity index (χ0) is 13.8. The molecule has 2 N–H and O–H groups in total. The van der Waals surface area contributed by atoms with Crippen molar-refractivity contribution in [2.24, 2.45) is 0 Å². The summed E-state index contributed by atoms with van der Waals surface area (Å²) in [7, 11) is 0. The Morgan fingerprint density at radius 3 is 3.05 bits per heavy atom. The van der Waals surface area contributed by atoms with Crippen LogP contribution in [-0.4, -0.2) is 22.6 Å². The average molecular weight is 268 g/mol. The van der Waals surface area contributed by atoms with Crippen molar-refractivity contribution in [1.82, 2.24) is 9.97 Å². The minimum atomic E-state index is -0.577. The number of carbonyl (C=O) groups excluding carboxylic acids is 1. The lowest BCUT2D eigenvalue weighted by atomic mass is 10.1. The van der Waals surface area contributed by atoms with Gasteiger partial charge in [-0.1, -0.05) is 12.1 Å². The monoisotopic (exact) mass is 268 g/mol. The molecule has 0 bridgehead atoms. The van der Waals surface area contributed by atoms with E-state index in [2.05, 4.69) is 20.6 Å². The minimum absolute atomic E-state index is 0.396. The summed E-state index contributed by atoms with van der Waals surface area (Å²) in [6.07, 6.45) is 4.14. The Labute approximate surface area is 115 Å². The van der Waals surface area contributed by atoms with Gasteiger partial charge in [0.25, 0.3) is 0 Å². The second kappa shape index (κ2) is 5.40. The number of carbonyl (C=O) groups is 1. The predicted molar refractivity (Wildman–Crippen MR) is 75.0 cm³/mol. The zero-order valence-electron chi connectivity index (χ0n) is 10.5. The van der Waals surface area contributed by atoms with E-state index in [0.29, 0.717) is 18.1 Å². The van der Waals surface area contributed by atoms with Crippen LogP contribution >= 0.6 is 0 Å². The predicted octanol–water partition coefficient (Wildman–Crippen LogP) is 2.49. The number of fused-ring (bicyclic) bond motifs is 1. The van der Waals surface area contributed by atoms with Crippen LogP contribution in [0.1, 0.15) is 5.56 Å². The lowest BCUT2D eigenvalue weighted by molar-refractivity contribution is 0.207. The van der Waals surface area contributed by atoms with Crippen LogP contribution in [-0.2, 0) is 4.74 Å². The number of aromatic nitrogens is 2. The van der Waals surface area contributed by atoms with Gasteiger partial charge >= 0.3 is 6.09 Å². The minimum Gasteiger partial charge on any atom is -0.410 e. The van der Waals surface area contributed by atoms with Gasteiger partial charge in [0.1, 0.15) is 17.9 Å². The number of rotatable bonds is 2. The number of nitrogens with zero attached hydrogens (tertiary/aromatic N) is 2. The Kier molecular flexibility index (Phi) is 3.28. The first-order valence-electron chi connectivity index (χ1n) is 6.11. The van der Waals surface area contributed by atoms with Gasteiger partial charge in [-0.15, -0.1) is 0 Å². The van der Waals surface area contributed by atoms with E-state index >= 15 is 0 Å². The normalized spacial score (nSPS) is 12.7. The van der Waals surface area contributed by atoms with Crippen molar-refractivity contribution in [2.75, 3.05) is 17.2 Å². The molecule has 1 amide bonds.